The number of aromatic nitrogens is 3. The van der Waals surface area contributed by atoms with Gasteiger partial charge in [-0.2, -0.15) is 0 Å². The number of hydrogen-bond donors (Lipinski definition) is 1. The third-order valence-electron chi connectivity index (χ3n) is 3.92. The number of nitrogens with two attached hydrogens (primary N) is 1. The normalized spacial score (nSPS) is 11.2. The van der Waals surface area contributed by atoms with E-state index in [1.165, 1.54) is 11.3 Å². The molecule has 3 heterocycles. The first kappa shape index (κ1) is 14.6. The van der Waals surface area contributed by atoms with Crippen LogP contribution in [0.3, 0.4) is 0 Å². The number of fused-ring (bicyclic) bond motifs is 3. The van der Waals surface area contributed by atoms with E-state index in [0.29, 0.717) is 16.0 Å². The fourth-order valence-electron chi connectivity index (χ4n) is 2.77. The van der Waals surface area contributed by atoms with Crippen LogP contribution in [0.1, 0.15) is 0 Å². The van der Waals surface area contributed by atoms with Crippen LogP contribution >= 0.6 is 11.3 Å². The van der Waals surface area contributed by atoms with E-state index in [9.17, 15) is 4.79 Å². The lowest BCUT2D eigenvalue weighted by atomic mass is 10.2. The molecule has 0 unspecified atom stereocenters. The van der Waals surface area contributed by atoms with Crippen LogP contribution in [-0.2, 0) is 0 Å². The Bertz CT molecular complexity index is 1110. The average molecular weight is 337 g/mol. The molecule has 0 aliphatic heterocycles. The minimum Gasteiger partial charge on any atom is -0.377 e. The molecular formula is C17H15N5OS. The van der Waals surface area contributed by atoms with E-state index in [1.807, 2.05) is 55.4 Å². The van der Waals surface area contributed by atoms with Gasteiger partial charge in [-0.05, 0) is 6.07 Å². The van der Waals surface area contributed by atoms with Crippen molar-refractivity contribution in [1.82, 2.24) is 14.6 Å². The van der Waals surface area contributed by atoms with E-state index in [1.54, 1.807) is 6.20 Å². The number of benzene rings is 1. The fraction of sp³-hybridized carbons (Fsp3) is 0.118. The van der Waals surface area contributed by atoms with Crippen LogP contribution in [0.15, 0.2) is 47.4 Å². The predicted octanol–water partition coefficient (Wildman–Crippen LogP) is 2.45. The van der Waals surface area contributed by atoms with Crippen molar-refractivity contribution in [2.75, 3.05) is 24.8 Å². The molecule has 4 aromatic rings. The van der Waals surface area contributed by atoms with Crippen molar-refractivity contribution in [3.63, 3.8) is 0 Å². The van der Waals surface area contributed by atoms with Gasteiger partial charge in [-0.15, -0.1) is 11.3 Å². The summed E-state index contributed by atoms with van der Waals surface area (Å²) < 4.78 is 1.64. The third kappa shape index (κ3) is 2.05. The van der Waals surface area contributed by atoms with E-state index in [0.717, 1.165) is 26.1 Å². The zero-order chi connectivity index (χ0) is 16.8. The zero-order valence-corrected chi connectivity index (χ0v) is 14.0. The van der Waals surface area contributed by atoms with Gasteiger partial charge in [-0.3, -0.25) is 4.79 Å². The summed E-state index contributed by atoms with van der Waals surface area (Å²) in [4.78, 5) is 24.6. The molecule has 7 heteroatoms. The number of nitrogen functional groups attached to an aromatic ring is 1. The lowest BCUT2D eigenvalue weighted by Crippen LogP contribution is -2.29. The molecule has 0 spiro atoms. The molecule has 0 fully saturated rings. The minimum absolute atomic E-state index is 0.258. The van der Waals surface area contributed by atoms with E-state index in [2.05, 4.69) is 4.98 Å². The lowest BCUT2D eigenvalue weighted by Gasteiger charge is -2.13. The van der Waals surface area contributed by atoms with Crippen LogP contribution in [-0.4, -0.2) is 28.7 Å². The van der Waals surface area contributed by atoms with E-state index in [4.69, 9.17) is 10.8 Å². The first-order chi connectivity index (χ1) is 11.6. The highest BCUT2D eigenvalue weighted by Gasteiger charge is 2.19. The number of nitrogens with zero attached hydrogens (tertiary/aromatic N) is 4. The van der Waals surface area contributed by atoms with E-state index in [-0.39, 0.29) is 5.56 Å². The first-order valence-electron chi connectivity index (χ1n) is 7.40. The maximum atomic E-state index is 12.7. The summed E-state index contributed by atoms with van der Waals surface area (Å²) in [6, 6.07) is 11.4. The summed E-state index contributed by atoms with van der Waals surface area (Å²) in [5.41, 5.74) is 2.17. The van der Waals surface area contributed by atoms with Crippen molar-refractivity contribution < 1.29 is 0 Å². The molecule has 0 aliphatic carbocycles. The van der Waals surface area contributed by atoms with Gasteiger partial charge in [0.1, 0.15) is 15.0 Å². The highest BCUT2D eigenvalue weighted by molar-refractivity contribution is 7.25. The van der Waals surface area contributed by atoms with Crippen molar-refractivity contribution in [2.24, 2.45) is 0 Å². The van der Waals surface area contributed by atoms with E-state index >= 15 is 0 Å². The number of rotatable bonds is 2. The van der Waals surface area contributed by atoms with Gasteiger partial charge in [0.05, 0.1) is 11.1 Å². The van der Waals surface area contributed by atoms with Crippen LogP contribution in [0.4, 0.5) is 5.69 Å². The summed E-state index contributed by atoms with van der Waals surface area (Å²) >= 11 is 1.32. The van der Waals surface area contributed by atoms with Gasteiger partial charge in [0, 0.05) is 25.9 Å². The average Bonchev–Trinajstić information content (AvgIpc) is 2.97. The molecule has 6 nitrogen and oxygen atoms in total. The SMILES string of the molecule is CN(C)c1ccnc2sc3c(=O)n(N)c(-c4ccccc4)nc3c12. The monoisotopic (exact) mass is 337 g/mol. The Kier molecular flexibility index (Phi) is 3.24. The highest BCUT2D eigenvalue weighted by Crippen LogP contribution is 2.36. The van der Waals surface area contributed by atoms with Crippen LogP contribution < -0.4 is 16.3 Å². The predicted molar refractivity (Wildman–Crippen MR) is 99.1 cm³/mol. The number of pyridine rings is 1. The Labute approximate surface area is 141 Å². The standard InChI is InChI=1S/C17H15N5OS/c1-21(2)11-8-9-19-16-12(11)13-14(24-16)17(23)22(18)15(20-13)10-6-4-3-5-7-10/h3-9H,18H2,1-2H3. The Morgan fingerprint density at radius 3 is 2.62 bits per heavy atom. The molecule has 1 aromatic carbocycles. The molecule has 2 N–H and O–H groups in total. The zero-order valence-electron chi connectivity index (χ0n) is 13.2. The lowest BCUT2D eigenvalue weighted by molar-refractivity contribution is 0.931. The molecule has 0 aliphatic rings. The largest absolute Gasteiger partial charge is 0.377 e. The summed E-state index contributed by atoms with van der Waals surface area (Å²) in [6.07, 6.45) is 1.74. The number of anilines is 1. The molecule has 0 radical (unpaired) electrons. The maximum absolute atomic E-state index is 12.7. The van der Waals surface area contributed by atoms with Crippen molar-refractivity contribution in [1.29, 1.82) is 0 Å². The second kappa shape index (κ2) is 5.31. The van der Waals surface area contributed by atoms with E-state index < -0.39 is 0 Å². The molecule has 0 saturated heterocycles. The quantitative estimate of drug-likeness (QED) is 0.569. The number of hydrogen-bond acceptors (Lipinski definition) is 6. The molecule has 0 atom stereocenters. The summed E-state index contributed by atoms with van der Waals surface area (Å²) in [6.45, 7) is 0. The Hall–Kier alpha value is -2.93. The van der Waals surface area contributed by atoms with Gasteiger partial charge >= 0.3 is 0 Å². The van der Waals surface area contributed by atoms with Gasteiger partial charge < -0.3 is 10.7 Å². The molecular weight excluding hydrogens is 322 g/mol. The van der Waals surface area contributed by atoms with Crippen LogP contribution in [0, 0.1) is 0 Å². The topological polar surface area (TPSA) is 77.0 Å². The van der Waals surface area contributed by atoms with Gasteiger partial charge in [-0.1, -0.05) is 30.3 Å². The second-order valence-electron chi connectivity index (χ2n) is 5.66. The van der Waals surface area contributed by atoms with Crippen molar-refractivity contribution in [3.8, 4) is 11.4 Å². The molecule has 120 valence electrons. The van der Waals surface area contributed by atoms with Crippen LogP contribution in [0.2, 0.25) is 0 Å². The Morgan fingerprint density at radius 2 is 1.92 bits per heavy atom. The van der Waals surface area contributed by atoms with Crippen molar-refractivity contribution in [2.45, 2.75) is 0 Å². The van der Waals surface area contributed by atoms with Gasteiger partial charge in [0.2, 0.25) is 0 Å². The number of thiophene rings is 1. The van der Waals surface area contributed by atoms with Gasteiger partial charge in [0.15, 0.2) is 5.82 Å². The Balaban J connectivity index is 2.17. The molecule has 3 aromatic heterocycles. The van der Waals surface area contributed by atoms with Crippen LogP contribution in [0.25, 0.3) is 31.8 Å². The minimum atomic E-state index is -0.258. The van der Waals surface area contributed by atoms with Gasteiger partial charge in [-0.25, -0.2) is 14.6 Å². The fourth-order valence-corrected chi connectivity index (χ4v) is 3.81. The highest BCUT2D eigenvalue weighted by atomic mass is 32.1. The summed E-state index contributed by atoms with van der Waals surface area (Å²) in [7, 11) is 3.92. The smallest absolute Gasteiger partial charge is 0.290 e. The van der Waals surface area contributed by atoms with Crippen LogP contribution in [0.5, 0.6) is 0 Å². The molecule has 0 bridgehead atoms. The van der Waals surface area contributed by atoms with Crippen molar-refractivity contribution in [3.05, 3.63) is 52.9 Å². The van der Waals surface area contributed by atoms with Crippen molar-refractivity contribution >= 4 is 37.5 Å². The third-order valence-corrected chi connectivity index (χ3v) is 4.99. The first-order valence-corrected chi connectivity index (χ1v) is 8.21. The molecule has 0 saturated carbocycles. The summed E-state index contributed by atoms with van der Waals surface area (Å²) in [5, 5.41) is 0.886. The second-order valence-corrected chi connectivity index (χ2v) is 6.66. The molecule has 24 heavy (non-hydrogen) atoms. The molecule has 4 rings (SSSR count). The van der Waals surface area contributed by atoms with Gasteiger partial charge in [0.25, 0.3) is 5.56 Å². The Morgan fingerprint density at radius 1 is 1.17 bits per heavy atom. The summed E-state index contributed by atoms with van der Waals surface area (Å²) in [5.74, 6) is 6.46. The molecule has 0 amide bonds. The maximum Gasteiger partial charge on any atom is 0.290 e.